The Labute approximate surface area is 171 Å². The van der Waals surface area contributed by atoms with Crippen molar-refractivity contribution in [2.24, 2.45) is 0 Å². The molecular weight excluding hydrogens is 396 g/mol. The fourth-order valence-electron chi connectivity index (χ4n) is 2.85. The van der Waals surface area contributed by atoms with Gasteiger partial charge in [-0.15, -0.1) is 11.8 Å². The molecule has 0 unspecified atom stereocenters. The summed E-state index contributed by atoms with van der Waals surface area (Å²) in [6.45, 7) is 0.221. The Morgan fingerprint density at radius 3 is 2.72 bits per heavy atom. The number of thioether (sulfide) groups is 1. The first-order chi connectivity index (χ1) is 14.0. The third kappa shape index (κ3) is 5.78. The lowest BCUT2D eigenvalue weighted by atomic mass is 10.2. The molecule has 1 aliphatic heterocycles. The number of esters is 1. The number of hydrogen-bond donors (Lipinski definition) is 1. The van der Waals surface area contributed by atoms with Crippen LogP contribution in [0.15, 0.2) is 53.4 Å². The van der Waals surface area contributed by atoms with Crippen molar-refractivity contribution < 1.29 is 24.0 Å². The van der Waals surface area contributed by atoms with E-state index in [0.29, 0.717) is 5.56 Å². The number of anilines is 1. The Morgan fingerprint density at radius 1 is 1.21 bits per heavy atom. The van der Waals surface area contributed by atoms with E-state index in [1.54, 1.807) is 18.2 Å². The largest absolute Gasteiger partial charge is 0.452 e. The Balaban J connectivity index is 1.56. The van der Waals surface area contributed by atoms with Crippen molar-refractivity contribution in [1.29, 1.82) is 0 Å². The van der Waals surface area contributed by atoms with Gasteiger partial charge in [0, 0.05) is 23.3 Å². The number of ether oxygens (including phenoxy) is 2. The van der Waals surface area contributed by atoms with Crippen LogP contribution in [0.2, 0.25) is 0 Å². The van der Waals surface area contributed by atoms with Crippen LogP contribution >= 0.6 is 11.8 Å². The number of benzene rings is 2. The summed E-state index contributed by atoms with van der Waals surface area (Å²) in [7, 11) is 0. The minimum absolute atomic E-state index is 0.0473. The average Bonchev–Trinajstić information content (AvgIpc) is 3.24. The van der Waals surface area contributed by atoms with Gasteiger partial charge in [0.2, 0.25) is 0 Å². The van der Waals surface area contributed by atoms with Gasteiger partial charge in [0.25, 0.3) is 11.6 Å². The van der Waals surface area contributed by atoms with E-state index in [9.17, 15) is 19.7 Å². The number of para-hydroxylation sites is 2. The topological polar surface area (TPSA) is 108 Å². The van der Waals surface area contributed by atoms with Crippen molar-refractivity contribution in [2.45, 2.75) is 23.8 Å². The van der Waals surface area contributed by atoms with Crippen molar-refractivity contribution in [3.05, 3.63) is 64.2 Å². The average molecular weight is 416 g/mol. The summed E-state index contributed by atoms with van der Waals surface area (Å²) < 4.78 is 10.7. The monoisotopic (exact) mass is 416 g/mol. The maximum absolute atomic E-state index is 12.4. The summed E-state index contributed by atoms with van der Waals surface area (Å²) in [5.41, 5.74) is 0.183. The second kappa shape index (κ2) is 10.0. The summed E-state index contributed by atoms with van der Waals surface area (Å²) in [6.07, 6.45) is 2.23. The molecule has 1 aliphatic rings. The van der Waals surface area contributed by atoms with E-state index < -0.39 is 23.4 Å². The molecule has 0 aliphatic carbocycles. The van der Waals surface area contributed by atoms with Crippen LogP contribution in [0.3, 0.4) is 0 Å². The van der Waals surface area contributed by atoms with Gasteiger partial charge in [-0.2, -0.15) is 0 Å². The number of nitro benzene ring substituents is 1. The van der Waals surface area contributed by atoms with Crippen LogP contribution in [-0.4, -0.2) is 41.9 Å². The van der Waals surface area contributed by atoms with Crippen LogP contribution in [-0.2, 0) is 14.3 Å². The first-order valence-electron chi connectivity index (χ1n) is 9.08. The Kier molecular flexibility index (Phi) is 7.20. The summed E-state index contributed by atoms with van der Waals surface area (Å²) in [4.78, 5) is 35.7. The SMILES string of the molecule is O=C(COC(=O)c1ccccc1SC[C@@H]1CCCO1)Nc1ccccc1[N+](=O)[O-]. The van der Waals surface area contributed by atoms with Crippen molar-refractivity contribution in [3.63, 3.8) is 0 Å². The number of amides is 1. The number of rotatable bonds is 8. The molecule has 0 saturated carbocycles. The zero-order valence-corrected chi connectivity index (χ0v) is 16.4. The summed E-state index contributed by atoms with van der Waals surface area (Å²) >= 11 is 1.51. The molecule has 8 nitrogen and oxygen atoms in total. The minimum atomic E-state index is -0.655. The van der Waals surface area contributed by atoms with Gasteiger partial charge < -0.3 is 14.8 Å². The lowest BCUT2D eigenvalue weighted by molar-refractivity contribution is -0.383. The molecule has 9 heteroatoms. The van der Waals surface area contributed by atoms with Gasteiger partial charge >= 0.3 is 5.97 Å². The van der Waals surface area contributed by atoms with E-state index in [1.165, 1.54) is 30.0 Å². The molecule has 152 valence electrons. The minimum Gasteiger partial charge on any atom is -0.452 e. The molecule has 0 bridgehead atoms. The van der Waals surface area contributed by atoms with Gasteiger partial charge in [-0.05, 0) is 31.0 Å². The number of hydrogen-bond acceptors (Lipinski definition) is 7. The number of nitro groups is 1. The van der Waals surface area contributed by atoms with Gasteiger partial charge in [0.15, 0.2) is 6.61 Å². The Bertz CT molecular complexity index is 898. The predicted molar refractivity (Wildman–Crippen MR) is 108 cm³/mol. The highest BCUT2D eigenvalue weighted by Crippen LogP contribution is 2.27. The lowest BCUT2D eigenvalue weighted by Crippen LogP contribution is -2.21. The first-order valence-corrected chi connectivity index (χ1v) is 10.1. The molecule has 1 N–H and O–H groups in total. The van der Waals surface area contributed by atoms with Crippen molar-refractivity contribution >= 4 is 35.0 Å². The van der Waals surface area contributed by atoms with E-state index >= 15 is 0 Å². The van der Waals surface area contributed by atoms with E-state index in [-0.39, 0.29) is 17.5 Å². The molecular formula is C20H20N2O6S. The first kappa shape index (κ1) is 20.8. The Morgan fingerprint density at radius 2 is 1.97 bits per heavy atom. The molecule has 0 radical (unpaired) electrons. The number of carbonyl (C=O) groups excluding carboxylic acids is 2. The standard InChI is InChI=1S/C20H20N2O6S/c23-19(21-16-8-2-3-9-17(16)22(25)26)12-28-20(24)15-7-1-4-10-18(15)29-13-14-6-5-11-27-14/h1-4,7-10,14H,5-6,11-13H2,(H,21,23)/t14-/m0/s1. The van der Waals surface area contributed by atoms with E-state index in [0.717, 1.165) is 30.1 Å². The van der Waals surface area contributed by atoms with Crippen LogP contribution in [0.25, 0.3) is 0 Å². The second-order valence-electron chi connectivity index (χ2n) is 6.34. The normalized spacial score (nSPS) is 15.7. The molecule has 1 atom stereocenters. The molecule has 2 aromatic rings. The van der Waals surface area contributed by atoms with Crippen LogP contribution < -0.4 is 5.32 Å². The molecule has 29 heavy (non-hydrogen) atoms. The maximum Gasteiger partial charge on any atom is 0.339 e. The van der Waals surface area contributed by atoms with Gasteiger partial charge in [-0.3, -0.25) is 14.9 Å². The Hall–Kier alpha value is -2.91. The van der Waals surface area contributed by atoms with Gasteiger partial charge in [0.05, 0.1) is 16.6 Å². The van der Waals surface area contributed by atoms with E-state index in [2.05, 4.69) is 5.32 Å². The van der Waals surface area contributed by atoms with Crippen molar-refractivity contribution in [2.75, 3.05) is 24.3 Å². The summed E-state index contributed by atoms with van der Waals surface area (Å²) in [5, 5.41) is 13.4. The quantitative estimate of drug-likeness (QED) is 0.303. The zero-order valence-electron chi connectivity index (χ0n) is 15.5. The van der Waals surface area contributed by atoms with E-state index in [1.807, 2.05) is 12.1 Å². The summed E-state index contributed by atoms with van der Waals surface area (Å²) in [5.74, 6) is -0.544. The third-order valence-corrected chi connectivity index (χ3v) is 5.47. The second-order valence-corrected chi connectivity index (χ2v) is 7.40. The van der Waals surface area contributed by atoms with E-state index in [4.69, 9.17) is 9.47 Å². The fraction of sp³-hybridized carbons (Fsp3) is 0.300. The van der Waals surface area contributed by atoms with Gasteiger partial charge in [-0.1, -0.05) is 24.3 Å². The fourth-order valence-corrected chi connectivity index (χ4v) is 3.96. The molecule has 1 fully saturated rings. The van der Waals surface area contributed by atoms with Crippen LogP contribution in [0.5, 0.6) is 0 Å². The molecule has 0 spiro atoms. The molecule has 1 saturated heterocycles. The maximum atomic E-state index is 12.4. The highest BCUT2D eigenvalue weighted by Gasteiger charge is 2.20. The molecule has 0 aromatic heterocycles. The van der Waals surface area contributed by atoms with Crippen molar-refractivity contribution in [3.8, 4) is 0 Å². The molecule has 1 heterocycles. The predicted octanol–water partition coefficient (Wildman–Crippen LogP) is 3.66. The van der Waals surface area contributed by atoms with Crippen molar-refractivity contribution in [1.82, 2.24) is 0 Å². The number of nitrogens with one attached hydrogen (secondary N) is 1. The highest BCUT2D eigenvalue weighted by molar-refractivity contribution is 7.99. The summed E-state index contributed by atoms with van der Waals surface area (Å²) in [6, 6.07) is 12.8. The molecule has 1 amide bonds. The number of nitrogens with zero attached hydrogens (tertiary/aromatic N) is 1. The highest BCUT2D eigenvalue weighted by atomic mass is 32.2. The lowest BCUT2D eigenvalue weighted by Gasteiger charge is -2.12. The molecule has 2 aromatic carbocycles. The van der Waals surface area contributed by atoms with Crippen LogP contribution in [0.1, 0.15) is 23.2 Å². The third-order valence-electron chi connectivity index (χ3n) is 4.26. The van der Waals surface area contributed by atoms with Gasteiger partial charge in [-0.25, -0.2) is 4.79 Å². The smallest absolute Gasteiger partial charge is 0.339 e. The number of carbonyl (C=O) groups is 2. The van der Waals surface area contributed by atoms with Crippen LogP contribution in [0, 0.1) is 10.1 Å². The van der Waals surface area contributed by atoms with Gasteiger partial charge in [0.1, 0.15) is 5.69 Å². The zero-order chi connectivity index (χ0) is 20.6. The molecule has 3 rings (SSSR count). The van der Waals surface area contributed by atoms with Crippen LogP contribution in [0.4, 0.5) is 11.4 Å².